The number of aromatic nitrogens is 1. The molecule has 6 nitrogen and oxygen atoms in total. The molecule has 31 heavy (non-hydrogen) atoms. The van der Waals surface area contributed by atoms with E-state index < -0.39 is 0 Å². The summed E-state index contributed by atoms with van der Waals surface area (Å²) in [7, 11) is 0. The first kappa shape index (κ1) is 23.0. The minimum atomic E-state index is -0.270. The van der Waals surface area contributed by atoms with Crippen LogP contribution in [0.1, 0.15) is 42.9 Å². The molecule has 2 aromatic carbocycles. The summed E-state index contributed by atoms with van der Waals surface area (Å²) in [4.78, 5) is 14.2. The van der Waals surface area contributed by atoms with E-state index in [4.69, 9.17) is 4.74 Å². The van der Waals surface area contributed by atoms with Gasteiger partial charge >= 0.3 is 0 Å². The number of phenolic OH excluding ortho intramolecular Hbond substituents is 1. The number of fused-ring (bicyclic) bond motifs is 1. The summed E-state index contributed by atoms with van der Waals surface area (Å²) in [5.41, 5.74) is 2.35. The largest absolute Gasteiger partial charge is 0.506 e. The summed E-state index contributed by atoms with van der Waals surface area (Å²) in [6.07, 6.45) is 5.18. The minimum Gasteiger partial charge on any atom is -0.506 e. The Hall–Kier alpha value is -2.67. The summed E-state index contributed by atoms with van der Waals surface area (Å²) in [6, 6.07) is 16.7. The van der Waals surface area contributed by atoms with Gasteiger partial charge in [0, 0.05) is 24.7 Å². The third kappa shape index (κ3) is 6.92. The lowest BCUT2D eigenvalue weighted by molar-refractivity contribution is 0.126. The smallest absolute Gasteiger partial charge is 0.248 e. The van der Waals surface area contributed by atoms with Crippen molar-refractivity contribution in [1.82, 2.24) is 10.3 Å². The molecule has 0 aliphatic rings. The molecule has 4 N–H and O–H groups in total. The lowest BCUT2D eigenvalue weighted by Gasteiger charge is -2.19. The standard InChI is InChI=1S/C25H32N2O4/c28-18-22(20-11-13-23(29)25-21(20)12-14-24(30)27-25)26-15-5-7-17-31-16-6-4-10-19-8-2-1-3-9-19/h1-3,8-9,11-14,22,26,28-29H,4-7,10,15-18H2,(H,27,30). The van der Waals surface area contributed by atoms with E-state index in [1.807, 2.05) is 6.07 Å². The van der Waals surface area contributed by atoms with Gasteiger partial charge in [-0.25, -0.2) is 0 Å². The van der Waals surface area contributed by atoms with Crippen molar-refractivity contribution in [1.29, 1.82) is 0 Å². The Morgan fingerprint density at radius 1 is 0.935 bits per heavy atom. The van der Waals surface area contributed by atoms with Crippen molar-refractivity contribution >= 4 is 10.9 Å². The van der Waals surface area contributed by atoms with Gasteiger partial charge in [-0.15, -0.1) is 0 Å². The van der Waals surface area contributed by atoms with Gasteiger partial charge in [0.05, 0.1) is 18.2 Å². The highest BCUT2D eigenvalue weighted by atomic mass is 16.5. The summed E-state index contributed by atoms with van der Waals surface area (Å²) in [5, 5.41) is 24.0. The predicted octanol–water partition coefficient (Wildman–Crippen LogP) is 3.68. The molecule has 0 aliphatic heterocycles. The fourth-order valence-electron chi connectivity index (χ4n) is 3.72. The van der Waals surface area contributed by atoms with Gasteiger partial charge in [0.2, 0.25) is 5.56 Å². The van der Waals surface area contributed by atoms with Crippen LogP contribution in [0.2, 0.25) is 0 Å². The maximum absolute atomic E-state index is 11.6. The highest BCUT2D eigenvalue weighted by molar-refractivity contribution is 5.87. The number of unbranched alkanes of at least 4 members (excludes halogenated alkanes) is 2. The van der Waals surface area contributed by atoms with E-state index in [1.54, 1.807) is 18.2 Å². The molecule has 0 saturated carbocycles. The number of aromatic amines is 1. The van der Waals surface area contributed by atoms with Crippen molar-refractivity contribution in [2.24, 2.45) is 0 Å². The van der Waals surface area contributed by atoms with E-state index >= 15 is 0 Å². The fraction of sp³-hybridized carbons (Fsp3) is 0.400. The lowest BCUT2D eigenvalue weighted by atomic mass is 10.0. The van der Waals surface area contributed by atoms with Crippen molar-refractivity contribution < 1.29 is 14.9 Å². The Labute approximate surface area is 182 Å². The summed E-state index contributed by atoms with van der Waals surface area (Å²) < 4.78 is 5.73. The first-order chi connectivity index (χ1) is 15.2. The zero-order valence-corrected chi connectivity index (χ0v) is 17.8. The number of aliphatic hydroxyl groups is 1. The van der Waals surface area contributed by atoms with Crippen LogP contribution in [0.25, 0.3) is 10.9 Å². The highest BCUT2D eigenvalue weighted by Gasteiger charge is 2.15. The fourth-order valence-corrected chi connectivity index (χ4v) is 3.72. The third-order valence-electron chi connectivity index (χ3n) is 5.42. The SMILES string of the molecule is O=c1ccc2c(C(CO)NCCCCOCCCCc3ccccc3)ccc(O)c2[nH]1. The number of nitrogens with one attached hydrogen (secondary N) is 2. The maximum Gasteiger partial charge on any atom is 0.248 e. The van der Waals surface area contributed by atoms with Gasteiger partial charge in [-0.1, -0.05) is 36.4 Å². The Bertz CT molecular complexity index is 988. The monoisotopic (exact) mass is 424 g/mol. The topological polar surface area (TPSA) is 94.6 Å². The number of ether oxygens (including phenoxy) is 1. The number of hydrogen-bond acceptors (Lipinski definition) is 5. The number of rotatable bonds is 13. The second-order valence-electron chi connectivity index (χ2n) is 7.74. The number of aryl methyl sites for hydroxylation is 1. The Morgan fingerprint density at radius 3 is 2.48 bits per heavy atom. The van der Waals surface area contributed by atoms with Crippen molar-refractivity contribution in [3.8, 4) is 5.75 Å². The molecule has 1 unspecified atom stereocenters. The minimum absolute atomic E-state index is 0.0223. The molecule has 6 heteroatoms. The van der Waals surface area contributed by atoms with Crippen LogP contribution in [0.15, 0.2) is 59.4 Å². The summed E-state index contributed by atoms with van der Waals surface area (Å²) in [6.45, 7) is 2.20. The number of phenols is 1. The van der Waals surface area contributed by atoms with Crippen LogP contribution in [-0.2, 0) is 11.2 Å². The Morgan fingerprint density at radius 2 is 1.71 bits per heavy atom. The second-order valence-corrected chi connectivity index (χ2v) is 7.74. The number of benzene rings is 2. The van der Waals surface area contributed by atoms with Gasteiger partial charge in [-0.3, -0.25) is 4.79 Å². The van der Waals surface area contributed by atoms with Gasteiger partial charge in [0.1, 0.15) is 5.75 Å². The molecule has 0 saturated heterocycles. The van der Waals surface area contributed by atoms with Gasteiger partial charge in [0.15, 0.2) is 0 Å². The molecule has 0 spiro atoms. The number of aliphatic hydroxyl groups excluding tert-OH is 1. The van der Waals surface area contributed by atoms with E-state index in [2.05, 4.69) is 34.6 Å². The van der Waals surface area contributed by atoms with Gasteiger partial charge in [0.25, 0.3) is 0 Å². The number of hydrogen-bond donors (Lipinski definition) is 4. The first-order valence-electron chi connectivity index (χ1n) is 11.0. The van der Waals surface area contributed by atoms with Crippen molar-refractivity contribution in [2.75, 3.05) is 26.4 Å². The molecule has 1 atom stereocenters. The molecule has 166 valence electrons. The zero-order valence-electron chi connectivity index (χ0n) is 17.8. The Balaban J connectivity index is 1.34. The van der Waals surface area contributed by atoms with Crippen LogP contribution < -0.4 is 10.9 Å². The van der Waals surface area contributed by atoms with Crippen LogP contribution in [0, 0.1) is 0 Å². The van der Waals surface area contributed by atoms with E-state index in [-0.39, 0.29) is 24.0 Å². The van der Waals surface area contributed by atoms with Crippen LogP contribution >= 0.6 is 0 Å². The van der Waals surface area contributed by atoms with Gasteiger partial charge in [-0.05, 0) is 61.9 Å². The molecule has 0 bridgehead atoms. The number of H-pyrrole nitrogens is 1. The molecule has 3 rings (SSSR count). The maximum atomic E-state index is 11.6. The molecule has 3 aromatic rings. The molecule has 1 heterocycles. The molecule has 0 fully saturated rings. The normalized spacial score (nSPS) is 12.3. The highest BCUT2D eigenvalue weighted by Crippen LogP contribution is 2.28. The third-order valence-corrected chi connectivity index (χ3v) is 5.42. The summed E-state index contributed by atoms with van der Waals surface area (Å²) >= 11 is 0. The van der Waals surface area contributed by atoms with Crippen molar-refractivity contribution in [3.05, 3.63) is 76.1 Å². The van der Waals surface area contributed by atoms with Crippen molar-refractivity contribution in [3.63, 3.8) is 0 Å². The molecule has 1 aromatic heterocycles. The van der Waals surface area contributed by atoms with E-state index in [0.29, 0.717) is 5.52 Å². The van der Waals surface area contributed by atoms with Crippen LogP contribution in [0.5, 0.6) is 5.75 Å². The van der Waals surface area contributed by atoms with Crippen LogP contribution in [0.3, 0.4) is 0 Å². The average Bonchev–Trinajstić information content (AvgIpc) is 2.79. The molecule has 0 aliphatic carbocycles. The van der Waals surface area contributed by atoms with Crippen molar-refractivity contribution in [2.45, 2.75) is 38.1 Å². The quantitative estimate of drug-likeness (QED) is 0.314. The predicted molar refractivity (Wildman–Crippen MR) is 123 cm³/mol. The molecular formula is C25H32N2O4. The number of pyridine rings is 1. The molecule has 0 amide bonds. The molecular weight excluding hydrogens is 392 g/mol. The average molecular weight is 425 g/mol. The van der Waals surface area contributed by atoms with Gasteiger partial charge in [-0.2, -0.15) is 0 Å². The van der Waals surface area contributed by atoms with E-state index in [9.17, 15) is 15.0 Å². The van der Waals surface area contributed by atoms with E-state index in [1.165, 1.54) is 11.6 Å². The zero-order chi connectivity index (χ0) is 21.9. The lowest BCUT2D eigenvalue weighted by Crippen LogP contribution is -2.26. The number of aromatic hydroxyl groups is 1. The Kier molecular flexibility index (Phi) is 9.09. The summed E-state index contributed by atoms with van der Waals surface area (Å²) in [5.74, 6) is 0.0223. The first-order valence-corrected chi connectivity index (χ1v) is 11.0. The van der Waals surface area contributed by atoms with E-state index in [0.717, 1.165) is 62.8 Å². The van der Waals surface area contributed by atoms with Crippen LogP contribution in [-0.4, -0.2) is 41.6 Å². The van der Waals surface area contributed by atoms with Crippen LogP contribution in [0.4, 0.5) is 0 Å². The van der Waals surface area contributed by atoms with Gasteiger partial charge < -0.3 is 25.3 Å². The molecule has 0 radical (unpaired) electrons. The second kappa shape index (κ2) is 12.2.